The van der Waals surface area contributed by atoms with Gasteiger partial charge in [0, 0.05) is 11.8 Å². The van der Waals surface area contributed by atoms with Gasteiger partial charge in [-0.15, -0.1) is 0 Å². The Bertz CT molecular complexity index is 442. The van der Waals surface area contributed by atoms with Crippen molar-refractivity contribution in [3.8, 4) is 0 Å². The van der Waals surface area contributed by atoms with Gasteiger partial charge in [-0.1, -0.05) is 0 Å². The molecule has 1 aromatic rings. The van der Waals surface area contributed by atoms with Crippen LogP contribution >= 0.6 is 0 Å². The van der Waals surface area contributed by atoms with E-state index in [-0.39, 0.29) is 11.1 Å². The number of nitrogens with zero attached hydrogens (tertiary/aromatic N) is 1. The van der Waals surface area contributed by atoms with Crippen LogP contribution in [0.2, 0.25) is 0 Å². The molecule has 0 aliphatic carbocycles. The molecule has 0 spiro atoms. The molecule has 3 N–H and O–H groups in total. The van der Waals surface area contributed by atoms with Crippen molar-refractivity contribution < 1.29 is 24.1 Å². The molecule has 1 heterocycles. The molecule has 0 aromatic carbocycles. The highest BCUT2D eigenvalue weighted by atomic mass is 19.1. The minimum atomic E-state index is -1.25. The van der Waals surface area contributed by atoms with E-state index in [0.717, 1.165) is 19.4 Å². The second-order valence-electron chi connectivity index (χ2n) is 4.00. The zero-order valence-corrected chi connectivity index (χ0v) is 10.8. The Labute approximate surface area is 110 Å². The van der Waals surface area contributed by atoms with Gasteiger partial charge in [-0.2, -0.15) is 4.39 Å². The third-order valence-electron chi connectivity index (χ3n) is 2.66. The van der Waals surface area contributed by atoms with Gasteiger partial charge in [0.2, 0.25) is 5.95 Å². The van der Waals surface area contributed by atoms with Crippen LogP contribution in [0.15, 0.2) is 12.3 Å². The summed E-state index contributed by atoms with van der Waals surface area (Å²) < 4.78 is 17.7. The first-order valence-electron chi connectivity index (χ1n) is 5.75. The van der Waals surface area contributed by atoms with E-state index in [0.29, 0.717) is 13.0 Å². The SMILES string of the molecule is CNCCC(O)C(O)c1cnc(F)c(C(=O)OC)c1. The average molecular weight is 272 g/mol. The minimum absolute atomic E-state index is 0.158. The predicted octanol–water partition coefficient (Wildman–Crippen LogP) is 0.0111. The molecule has 0 radical (unpaired) electrons. The van der Waals surface area contributed by atoms with E-state index in [1.54, 1.807) is 7.05 Å². The third kappa shape index (κ3) is 3.95. The number of pyridine rings is 1. The first-order chi connectivity index (χ1) is 9.01. The molecule has 0 bridgehead atoms. The topological polar surface area (TPSA) is 91.7 Å². The maximum atomic E-state index is 13.3. The molecule has 2 atom stereocenters. The molecule has 0 aliphatic heterocycles. The summed E-state index contributed by atoms with van der Waals surface area (Å²) in [7, 11) is 2.83. The molecule has 1 aromatic heterocycles. The van der Waals surface area contributed by atoms with Crippen molar-refractivity contribution in [2.75, 3.05) is 20.7 Å². The fourth-order valence-corrected chi connectivity index (χ4v) is 1.55. The first kappa shape index (κ1) is 15.5. The van der Waals surface area contributed by atoms with Gasteiger partial charge in [0.1, 0.15) is 11.7 Å². The number of ether oxygens (including phenoxy) is 1. The lowest BCUT2D eigenvalue weighted by Gasteiger charge is -2.18. The summed E-state index contributed by atoms with van der Waals surface area (Å²) in [4.78, 5) is 14.7. The first-order valence-corrected chi connectivity index (χ1v) is 5.75. The molecular weight excluding hydrogens is 255 g/mol. The average Bonchev–Trinajstić information content (AvgIpc) is 2.43. The summed E-state index contributed by atoms with van der Waals surface area (Å²) in [6.07, 6.45) is -0.896. The standard InChI is InChI=1S/C12H17FN2O4/c1-14-4-3-9(16)10(17)7-5-8(12(18)19-2)11(13)15-6-7/h5-6,9-10,14,16-17H,3-4H2,1-2H3. The van der Waals surface area contributed by atoms with Crippen molar-refractivity contribution in [2.24, 2.45) is 0 Å². The van der Waals surface area contributed by atoms with Crippen LogP contribution in [0.1, 0.15) is 28.4 Å². The number of hydrogen-bond acceptors (Lipinski definition) is 6. The van der Waals surface area contributed by atoms with Gasteiger partial charge < -0.3 is 20.3 Å². The number of esters is 1. The highest BCUT2D eigenvalue weighted by Crippen LogP contribution is 2.20. The molecule has 19 heavy (non-hydrogen) atoms. The second-order valence-corrected chi connectivity index (χ2v) is 4.00. The predicted molar refractivity (Wildman–Crippen MR) is 65.0 cm³/mol. The molecule has 0 fully saturated rings. The number of aromatic nitrogens is 1. The second kappa shape index (κ2) is 7.13. The fraction of sp³-hybridized carbons (Fsp3) is 0.500. The van der Waals surface area contributed by atoms with Crippen molar-refractivity contribution >= 4 is 5.97 Å². The Morgan fingerprint density at radius 3 is 2.84 bits per heavy atom. The van der Waals surface area contributed by atoms with Crippen LogP contribution in [0.3, 0.4) is 0 Å². The summed E-state index contributed by atoms with van der Waals surface area (Å²) in [6, 6.07) is 1.13. The summed E-state index contributed by atoms with van der Waals surface area (Å²) in [5, 5.41) is 22.5. The van der Waals surface area contributed by atoms with Crippen LogP contribution in [0.5, 0.6) is 0 Å². The Morgan fingerprint density at radius 1 is 1.58 bits per heavy atom. The third-order valence-corrected chi connectivity index (χ3v) is 2.66. The minimum Gasteiger partial charge on any atom is -0.465 e. The van der Waals surface area contributed by atoms with Gasteiger partial charge in [-0.3, -0.25) is 0 Å². The zero-order valence-electron chi connectivity index (χ0n) is 10.8. The maximum Gasteiger partial charge on any atom is 0.342 e. The monoisotopic (exact) mass is 272 g/mol. The zero-order chi connectivity index (χ0) is 14.4. The number of methoxy groups -OCH3 is 1. The number of rotatable bonds is 6. The molecule has 0 saturated heterocycles. The van der Waals surface area contributed by atoms with E-state index in [4.69, 9.17) is 0 Å². The number of aliphatic hydroxyl groups is 2. The Balaban J connectivity index is 2.92. The lowest BCUT2D eigenvalue weighted by atomic mass is 10.0. The number of aliphatic hydroxyl groups excluding tert-OH is 2. The number of halogens is 1. The van der Waals surface area contributed by atoms with Gasteiger partial charge in [0.15, 0.2) is 0 Å². The number of carbonyl (C=O) groups excluding carboxylic acids is 1. The molecule has 1 rings (SSSR count). The molecular formula is C12H17FN2O4. The number of nitrogens with one attached hydrogen (secondary N) is 1. The molecule has 2 unspecified atom stereocenters. The molecule has 106 valence electrons. The molecule has 0 saturated carbocycles. The lowest BCUT2D eigenvalue weighted by Crippen LogP contribution is -2.24. The lowest BCUT2D eigenvalue weighted by molar-refractivity contribution is 0.0136. The molecule has 0 amide bonds. The van der Waals surface area contributed by atoms with E-state index < -0.39 is 24.1 Å². The van der Waals surface area contributed by atoms with Gasteiger partial charge in [0.05, 0.1) is 13.2 Å². The van der Waals surface area contributed by atoms with E-state index in [1.807, 2.05) is 0 Å². The van der Waals surface area contributed by atoms with Crippen molar-refractivity contribution in [3.05, 3.63) is 29.3 Å². The number of hydrogen-bond donors (Lipinski definition) is 3. The Hall–Kier alpha value is -1.57. The molecule has 7 heteroatoms. The van der Waals surface area contributed by atoms with Crippen molar-refractivity contribution in [3.63, 3.8) is 0 Å². The summed E-state index contributed by atoms with van der Waals surface area (Å²) in [6.45, 7) is 0.511. The quantitative estimate of drug-likeness (QED) is 0.499. The summed E-state index contributed by atoms with van der Waals surface area (Å²) in [5.41, 5.74) is -0.217. The van der Waals surface area contributed by atoms with Crippen LogP contribution in [-0.4, -0.2) is 48.0 Å². The maximum absolute atomic E-state index is 13.3. The normalized spacial score (nSPS) is 13.9. The van der Waals surface area contributed by atoms with Crippen LogP contribution in [0, 0.1) is 5.95 Å². The van der Waals surface area contributed by atoms with Crippen LogP contribution in [0.4, 0.5) is 4.39 Å². The van der Waals surface area contributed by atoms with E-state index >= 15 is 0 Å². The van der Waals surface area contributed by atoms with Crippen LogP contribution < -0.4 is 5.32 Å². The fourth-order valence-electron chi connectivity index (χ4n) is 1.55. The number of carbonyl (C=O) groups is 1. The van der Waals surface area contributed by atoms with Gasteiger partial charge in [-0.25, -0.2) is 9.78 Å². The van der Waals surface area contributed by atoms with E-state index in [9.17, 15) is 19.4 Å². The smallest absolute Gasteiger partial charge is 0.342 e. The molecule has 0 aliphatic rings. The highest BCUT2D eigenvalue weighted by molar-refractivity contribution is 5.89. The van der Waals surface area contributed by atoms with E-state index in [1.165, 1.54) is 0 Å². The summed E-state index contributed by atoms with van der Waals surface area (Å²) >= 11 is 0. The largest absolute Gasteiger partial charge is 0.465 e. The van der Waals surface area contributed by atoms with Crippen LogP contribution in [0.25, 0.3) is 0 Å². The molecule has 6 nitrogen and oxygen atoms in total. The van der Waals surface area contributed by atoms with Gasteiger partial charge in [0.25, 0.3) is 0 Å². The highest BCUT2D eigenvalue weighted by Gasteiger charge is 2.22. The Kier molecular flexibility index (Phi) is 5.81. The Morgan fingerprint density at radius 2 is 2.26 bits per heavy atom. The van der Waals surface area contributed by atoms with E-state index in [2.05, 4.69) is 15.0 Å². The van der Waals surface area contributed by atoms with Crippen molar-refractivity contribution in [1.82, 2.24) is 10.3 Å². The van der Waals surface area contributed by atoms with Crippen molar-refractivity contribution in [1.29, 1.82) is 0 Å². The van der Waals surface area contributed by atoms with Crippen LogP contribution in [-0.2, 0) is 4.74 Å². The van der Waals surface area contributed by atoms with Gasteiger partial charge in [-0.05, 0) is 26.1 Å². The van der Waals surface area contributed by atoms with Gasteiger partial charge >= 0.3 is 5.97 Å². The summed E-state index contributed by atoms with van der Waals surface area (Å²) in [5.74, 6) is -1.86. The van der Waals surface area contributed by atoms with Crippen molar-refractivity contribution in [2.45, 2.75) is 18.6 Å².